The average molecular weight is 234 g/mol. The summed E-state index contributed by atoms with van der Waals surface area (Å²) < 4.78 is 0. The number of rotatable bonds is 2. The van der Waals surface area contributed by atoms with E-state index < -0.39 is 0 Å². The summed E-state index contributed by atoms with van der Waals surface area (Å²) in [5, 5.41) is 0. The summed E-state index contributed by atoms with van der Waals surface area (Å²) >= 11 is 0. The number of nitrogens with one attached hydrogen (secondary N) is 1. The van der Waals surface area contributed by atoms with Gasteiger partial charge in [0.2, 0.25) is 0 Å². The fraction of sp³-hybridized carbons (Fsp3) is 0.538. The molecule has 2 heterocycles. The lowest BCUT2D eigenvalue weighted by Gasteiger charge is -2.33. The van der Waals surface area contributed by atoms with Crippen LogP contribution in [-0.4, -0.2) is 34.2 Å². The quantitative estimate of drug-likeness (QED) is 0.798. The summed E-state index contributed by atoms with van der Waals surface area (Å²) in [5.74, 6) is -0.0413. The Morgan fingerprint density at radius 3 is 2.59 bits per heavy atom. The lowest BCUT2D eigenvalue weighted by molar-refractivity contribution is 0.0630. The van der Waals surface area contributed by atoms with Crippen LogP contribution in [0.1, 0.15) is 54.1 Å². The topological polar surface area (TPSA) is 53.2 Å². The van der Waals surface area contributed by atoms with Gasteiger partial charge in [-0.3, -0.25) is 9.59 Å². The lowest BCUT2D eigenvalue weighted by Crippen LogP contribution is -2.42. The zero-order valence-electron chi connectivity index (χ0n) is 10.3. The Balaban J connectivity index is 2.15. The lowest BCUT2D eigenvalue weighted by atomic mass is 10.0. The van der Waals surface area contributed by atoms with Crippen molar-refractivity contribution >= 4 is 11.7 Å². The summed E-state index contributed by atoms with van der Waals surface area (Å²) in [4.78, 5) is 28.2. The molecule has 17 heavy (non-hydrogen) atoms. The van der Waals surface area contributed by atoms with Crippen molar-refractivity contribution in [3.05, 3.63) is 23.5 Å². The highest BCUT2D eigenvalue weighted by Gasteiger charge is 2.25. The van der Waals surface area contributed by atoms with Gasteiger partial charge in [-0.15, -0.1) is 0 Å². The summed E-state index contributed by atoms with van der Waals surface area (Å²) in [6, 6.07) is 3.66. The van der Waals surface area contributed by atoms with Gasteiger partial charge in [-0.25, -0.2) is 0 Å². The first kappa shape index (κ1) is 11.9. The van der Waals surface area contributed by atoms with Crippen molar-refractivity contribution in [1.82, 2.24) is 9.88 Å². The summed E-state index contributed by atoms with van der Waals surface area (Å²) in [7, 11) is 0. The predicted molar refractivity (Wildman–Crippen MR) is 65.1 cm³/mol. The molecule has 0 bridgehead atoms. The van der Waals surface area contributed by atoms with E-state index in [1.54, 1.807) is 12.1 Å². The highest BCUT2D eigenvalue weighted by atomic mass is 16.2. The number of nitrogens with zero attached hydrogens (tertiary/aromatic N) is 1. The Hall–Kier alpha value is -1.58. The van der Waals surface area contributed by atoms with E-state index in [-0.39, 0.29) is 11.7 Å². The van der Waals surface area contributed by atoms with Gasteiger partial charge < -0.3 is 9.88 Å². The Morgan fingerprint density at radius 2 is 2.00 bits per heavy atom. The number of likely N-dealkylation sites (tertiary alicyclic amines) is 1. The monoisotopic (exact) mass is 234 g/mol. The smallest absolute Gasteiger partial charge is 0.270 e. The van der Waals surface area contributed by atoms with Gasteiger partial charge in [0, 0.05) is 19.5 Å². The molecule has 1 atom stereocenters. The number of carbonyl (C=O) groups excluding carboxylic acids is 2. The zero-order chi connectivity index (χ0) is 12.4. The second-order valence-electron chi connectivity index (χ2n) is 4.69. The number of aromatic nitrogens is 1. The van der Waals surface area contributed by atoms with Crippen LogP contribution in [0.3, 0.4) is 0 Å². The van der Waals surface area contributed by atoms with E-state index in [2.05, 4.69) is 11.9 Å². The third-order valence-electron chi connectivity index (χ3n) is 3.36. The molecule has 1 aromatic heterocycles. The number of piperidine rings is 1. The summed E-state index contributed by atoms with van der Waals surface area (Å²) in [6.45, 7) is 4.38. The Labute approximate surface area is 101 Å². The molecule has 4 heteroatoms. The van der Waals surface area contributed by atoms with Crippen molar-refractivity contribution in [3.63, 3.8) is 0 Å². The van der Waals surface area contributed by atoms with Crippen molar-refractivity contribution in [2.75, 3.05) is 6.54 Å². The molecular formula is C13H18N2O2. The molecule has 1 unspecified atom stereocenters. The van der Waals surface area contributed by atoms with Gasteiger partial charge in [0.15, 0.2) is 5.78 Å². The first-order valence-electron chi connectivity index (χ1n) is 6.10. The molecule has 0 saturated carbocycles. The third-order valence-corrected chi connectivity index (χ3v) is 3.36. The van der Waals surface area contributed by atoms with Crippen LogP contribution in [0.2, 0.25) is 0 Å². The normalized spacial score (nSPS) is 20.4. The number of hydrogen-bond acceptors (Lipinski definition) is 2. The van der Waals surface area contributed by atoms with Crippen LogP contribution in [0.5, 0.6) is 0 Å². The fourth-order valence-electron chi connectivity index (χ4n) is 2.28. The Morgan fingerprint density at radius 1 is 1.29 bits per heavy atom. The standard InChI is InChI=1S/C13H18N2O2/c1-9-5-3-4-8-15(9)13(17)12-7-6-11(14-12)10(2)16/h6-7,9,14H,3-5,8H2,1-2H3. The number of amides is 1. The van der Waals surface area contributed by atoms with Crippen molar-refractivity contribution in [2.45, 2.75) is 39.2 Å². The zero-order valence-corrected chi connectivity index (χ0v) is 10.3. The summed E-state index contributed by atoms with van der Waals surface area (Å²) in [6.07, 6.45) is 3.32. The molecule has 4 nitrogen and oxygen atoms in total. The Kier molecular flexibility index (Phi) is 3.31. The molecule has 92 valence electrons. The predicted octanol–water partition coefficient (Wildman–Crippen LogP) is 2.23. The van der Waals surface area contributed by atoms with Gasteiger partial charge >= 0.3 is 0 Å². The summed E-state index contributed by atoms with van der Waals surface area (Å²) in [5.41, 5.74) is 1.02. The maximum atomic E-state index is 12.2. The maximum Gasteiger partial charge on any atom is 0.270 e. The SMILES string of the molecule is CC(=O)c1ccc(C(=O)N2CCCCC2C)[nH]1. The van der Waals surface area contributed by atoms with Crippen LogP contribution in [0, 0.1) is 0 Å². The van der Waals surface area contributed by atoms with Crippen LogP contribution >= 0.6 is 0 Å². The molecule has 1 aromatic rings. The van der Waals surface area contributed by atoms with Crippen molar-refractivity contribution in [3.8, 4) is 0 Å². The van der Waals surface area contributed by atoms with Gasteiger partial charge in [0.1, 0.15) is 5.69 Å². The molecule has 0 aliphatic carbocycles. The van der Waals surface area contributed by atoms with Crippen molar-refractivity contribution < 1.29 is 9.59 Å². The third kappa shape index (κ3) is 2.40. The highest BCUT2D eigenvalue weighted by Crippen LogP contribution is 2.19. The number of carbonyl (C=O) groups is 2. The van der Waals surface area contributed by atoms with E-state index in [0.29, 0.717) is 17.4 Å². The van der Waals surface area contributed by atoms with Crippen LogP contribution in [0.15, 0.2) is 12.1 Å². The average Bonchev–Trinajstić information content (AvgIpc) is 2.78. The largest absolute Gasteiger partial charge is 0.348 e. The molecular weight excluding hydrogens is 216 g/mol. The van der Waals surface area contributed by atoms with Gasteiger partial charge in [0.25, 0.3) is 5.91 Å². The molecule has 1 fully saturated rings. The highest BCUT2D eigenvalue weighted by molar-refractivity contribution is 5.97. The minimum atomic E-state index is -0.0456. The molecule has 1 amide bonds. The molecule has 1 saturated heterocycles. The number of ketones is 1. The first-order chi connectivity index (χ1) is 8.09. The van der Waals surface area contributed by atoms with Gasteiger partial charge in [-0.05, 0) is 38.3 Å². The molecule has 0 spiro atoms. The van der Waals surface area contributed by atoms with E-state index in [0.717, 1.165) is 19.4 Å². The molecule has 2 rings (SSSR count). The molecule has 1 aliphatic rings. The Bertz CT molecular complexity index is 436. The van der Waals surface area contributed by atoms with E-state index in [9.17, 15) is 9.59 Å². The second-order valence-corrected chi connectivity index (χ2v) is 4.69. The number of H-pyrrole nitrogens is 1. The van der Waals surface area contributed by atoms with Crippen molar-refractivity contribution in [2.24, 2.45) is 0 Å². The second kappa shape index (κ2) is 4.73. The number of Topliss-reactive ketones (excluding diaryl/α,β-unsaturated/α-hetero) is 1. The van der Waals surface area contributed by atoms with Crippen molar-refractivity contribution in [1.29, 1.82) is 0 Å². The minimum Gasteiger partial charge on any atom is -0.348 e. The van der Waals surface area contributed by atoms with Crippen LogP contribution in [0.25, 0.3) is 0 Å². The van der Waals surface area contributed by atoms with Crippen LogP contribution in [0.4, 0.5) is 0 Å². The fourth-order valence-corrected chi connectivity index (χ4v) is 2.28. The maximum absolute atomic E-state index is 12.2. The van der Waals surface area contributed by atoms with E-state index in [4.69, 9.17) is 0 Å². The molecule has 1 N–H and O–H groups in total. The van der Waals surface area contributed by atoms with Crippen LogP contribution in [-0.2, 0) is 0 Å². The van der Waals surface area contributed by atoms with Gasteiger partial charge in [0.05, 0.1) is 5.69 Å². The molecule has 0 aromatic carbocycles. The first-order valence-corrected chi connectivity index (χ1v) is 6.10. The van der Waals surface area contributed by atoms with Crippen LogP contribution < -0.4 is 0 Å². The van der Waals surface area contributed by atoms with E-state index in [1.165, 1.54) is 13.3 Å². The molecule has 1 aliphatic heterocycles. The minimum absolute atomic E-state index is 0.00435. The van der Waals surface area contributed by atoms with E-state index in [1.807, 2.05) is 4.90 Å². The number of aromatic amines is 1. The van der Waals surface area contributed by atoms with E-state index >= 15 is 0 Å². The van der Waals surface area contributed by atoms with Gasteiger partial charge in [-0.2, -0.15) is 0 Å². The number of hydrogen-bond donors (Lipinski definition) is 1. The molecule has 0 radical (unpaired) electrons. The van der Waals surface area contributed by atoms with Gasteiger partial charge in [-0.1, -0.05) is 0 Å².